The zero-order valence-electron chi connectivity index (χ0n) is 9.08. The van der Waals surface area contributed by atoms with Gasteiger partial charge in [0.2, 0.25) is 5.91 Å². The van der Waals surface area contributed by atoms with Gasteiger partial charge in [0, 0.05) is 30.6 Å². The number of pyridine rings is 1. The van der Waals surface area contributed by atoms with E-state index in [-0.39, 0.29) is 6.54 Å². The van der Waals surface area contributed by atoms with Crippen LogP contribution in [0.1, 0.15) is 12.5 Å². The van der Waals surface area contributed by atoms with Crippen molar-refractivity contribution in [2.24, 2.45) is 0 Å². The summed E-state index contributed by atoms with van der Waals surface area (Å²) in [6.45, 7) is 0.998. The highest BCUT2D eigenvalue weighted by molar-refractivity contribution is 5.88. The average Bonchev–Trinajstić information content (AvgIpc) is 2.26. The Morgan fingerprint density at radius 1 is 1.53 bits per heavy atom. The lowest BCUT2D eigenvalue weighted by Crippen LogP contribution is -2.22. The third-order valence-corrected chi connectivity index (χ3v) is 1.98. The van der Waals surface area contributed by atoms with Gasteiger partial charge in [0.05, 0.1) is 0 Å². The Kier molecular flexibility index (Phi) is 4.25. The van der Waals surface area contributed by atoms with Crippen molar-refractivity contribution in [1.29, 1.82) is 0 Å². The van der Waals surface area contributed by atoms with Crippen molar-refractivity contribution >= 4 is 5.91 Å². The molecule has 0 saturated carbocycles. The van der Waals surface area contributed by atoms with Crippen molar-refractivity contribution in [1.82, 2.24) is 10.3 Å². The summed E-state index contributed by atoms with van der Waals surface area (Å²) in [5.41, 5.74) is -0.208. The highest BCUT2D eigenvalue weighted by Crippen LogP contribution is 2.24. The second kappa shape index (κ2) is 5.47. The van der Waals surface area contributed by atoms with Gasteiger partial charge in [-0.05, 0) is 18.6 Å². The van der Waals surface area contributed by atoms with Crippen molar-refractivity contribution in [3.8, 4) is 0 Å². The fraction of sp³-hybridized carbons (Fsp3) is 0.273. The lowest BCUT2D eigenvalue weighted by atomic mass is 10.2. The minimum absolute atomic E-state index is 0.147. The Hall–Kier alpha value is -1.85. The Bertz CT molecular complexity index is 412. The minimum atomic E-state index is -4.47. The Balaban J connectivity index is 2.52. The van der Waals surface area contributed by atoms with E-state index < -0.39 is 17.7 Å². The fourth-order valence-corrected chi connectivity index (χ4v) is 1.02. The quantitative estimate of drug-likeness (QED) is 0.828. The number of halogens is 3. The third kappa shape index (κ3) is 4.67. The van der Waals surface area contributed by atoms with Crippen LogP contribution in [0.15, 0.2) is 36.2 Å². The SMILES string of the molecule is C/C(=C/C(=O)NCc1cccnc1)C(F)(F)F. The van der Waals surface area contributed by atoms with E-state index in [1.165, 1.54) is 6.20 Å². The molecule has 0 aliphatic heterocycles. The zero-order valence-corrected chi connectivity index (χ0v) is 9.08. The largest absolute Gasteiger partial charge is 0.412 e. The van der Waals surface area contributed by atoms with E-state index in [9.17, 15) is 18.0 Å². The van der Waals surface area contributed by atoms with Crippen molar-refractivity contribution in [3.63, 3.8) is 0 Å². The second-order valence-corrected chi connectivity index (χ2v) is 3.40. The van der Waals surface area contributed by atoms with Crippen LogP contribution in [0.5, 0.6) is 0 Å². The summed E-state index contributed by atoms with van der Waals surface area (Å²) in [6.07, 6.45) is -0.832. The van der Waals surface area contributed by atoms with Gasteiger partial charge in [-0.2, -0.15) is 13.2 Å². The van der Waals surface area contributed by atoms with Crippen molar-refractivity contribution < 1.29 is 18.0 Å². The number of carbonyl (C=O) groups is 1. The average molecular weight is 244 g/mol. The Labute approximate surface area is 96.4 Å². The molecule has 1 rings (SSSR count). The summed E-state index contributed by atoms with van der Waals surface area (Å²) in [6, 6.07) is 3.39. The number of alkyl halides is 3. The number of hydrogen-bond donors (Lipinski definition) is 1. The van der Waals surface area contributed by atoms with E-state index in [1.54, 1.807) is 18.3 Å². The summed E-state index contributed by atoms with van der Waals surface area (Å²) in [4.78, 5) is 15.0. The molecule has 1 aromatic rings. The monoisotopic (exact) mass is 244 g/mol. The molecule has 6 heteroatoms. The van der Waals surface area contributed by atoms with Gasteiger partial charge in [0.15, 0.2) is 0 Å². The van der Waals surface area contributed by atoms with Crippen LogP contribution in [0.3, 0.4) is 0 Å². The number of allylic oxidation sites excluding steroid dienone is 1. The zero-order chi connectivity index (χ0) is 12.9. The van der Waals surface area contributed by atoms with Crippen LogP contribution in [-0.2, 0) is 11.3 Å². The van der Waals surface area contributed by atoms with Crippen molar-refractivity contribution in [2.45, 2.75) is 19.6 Å². The summed E-state index contributed by atoms with van der Waals surface area (Å²) in [5, 5.41) is 2.35. The molecule has 1 aromatic heterocycles. The van der Waals surface area contributed by atoms with Gasteiger partial charge >= 0.3 is 6.18 Å². The van der Waals surface area contributed by atoms with E-state index >= 15 is 0 Å². The van der Waals surface area contributed by atoms with E-state index in [1.807, 2.05) is 0 Å². The van der Waals surface area contributed by atoms with E-state index in [2.05, 4.69) is 10.3 Å². The molecule has 0 fully saturated rings. The van der Waals surface area contributed by atoms with Crippen LogP contribution in [0, 0.1) is 0 Å². The molecule has 0 bridgehead atoms. The number of amides is 1. The van der Waals surface area contributed by atoms with Crippen LogP contribution >= 0.6 is 0 Å². The van der Waals surface area contributed by atoms with Crippen LogP contribution < -0.4 is 5.32 Å². The molecule has 92 valence electrons. The molecule has 17 heavy (non-hydrogen) atoms. The van der Waals surface area contributed by atoms with Gasteiger partial charge in [-0.15, -0.1) is 0 Å². The molecular formula is C11H11F3N2O. The number of hydrogen-bond acceptors (Lipinski definition) is 2. The molecule has 0 aromatic carbocycles. The Morgan fingerprint density at radius 2 is 2.24 bits per heavy atom. The summed E-state index contributed by atoms with van der Waals surface area (Å²) >= 11 is 0. The molecule has 0 aliphatic rings. The predicted octanol–water partition coefficient (Wildman–Crippen LogP) is 2.21. The molecule has 3 nitrogen and oxygen atoms in total. The molecule has 0 unspecified atom stereocenters. The van der Waals surface area contributed by atoms with Crippen molar-refractivity contribution in [2.75, 3.05) is 0 Å². The molecule has 0 radical (unpaired) electrons. The first-order valence-electron chi connectivity index (χ1n) is 4.82. The topological polar surface area (TPSA) is 42.0 Å². The number of nitrogens with zero attached hydrogens (tertiary/aromatic N) is 1. The first kappa shape index (κ1) is 13.2. The number of carbonyl (C=O) groups excluding carboxylic acids is 1. The third-order valence-electron chi connectivity index (χ3n) is 1.98. The standard InChI is InChI=1S/C11H11F3N2O/c1-8(11(12,13)14)5-10(17)16-7-9-3-2-4-15-6-9/h2-6H,7H2,1H3,(H,16,17)/b8-5-. The van der Waals surface area contributed by atoms with Crippen molar-refractivity contribution in [3.05, 3.63) is 41.7 Å². The van der Waals surface area contributed by atoms with E-state index in [0.717, 1.165) is 12.5 Å². The molecule has 1 amide bonds. The van der Waals surface area contributed by atoms with Gasteiger partial charge in [-0.25, -0.2) is 0 Å². The van der Waals surface area contributed by atoms with E-state index in [0.29, 0.717) is 6.08 Å². The minimum Gasteiger partial charge on any atom is -0.348 e. The van der Waals surface area contributed by atoms with Gasteiger partial charge < -0.3 is 5.32 Å². The van der Waals surface area contributed by atoms with Crippen LogP contribution in [-0.4, -0.2) is 17.1 Å². The molecule has 1 heterocycles. The smallest absolute Gasteiger partial charge is 0.348 e. The van der Waals surface area contributed by atoms with E-state index in [4.69, 9.17) is 0 Å². The predicted molar refractivity (Wildman–Crippen MR) is 55.9 cm³/mol. The lowest BCUT2D eigenvalue weighted by molar-refractivity contribution is -0.118. The number of rotatable bonds is 3. The second-order valence-electron chi connectivity index (χ2n) is 3.40. The number of nitrogens with one attached hydrogen (secondary N) is 1. The van der Waals surface area contributed by atoms with Gasteiger partial charge in [0.1, 0.15) is 0 Å². The van der Waals surface area contributed by atoms with Gasteiger partial charge in [-0.3, -0.25) is 9.78 Å². The first-order chi connectivity index (χ1) is 7.89. The summed E-state index contributed by atoms with van der Waals surface area (Å²) in [7, 11) is 0. The van der Waals surface area contributed by atoms with Gasteiger partial charge in [-0.1, -0.05) is 6.07 Å². The molecule has 0 atom stereocenters. The highest BCUT2D eigenvalue weighted by Gasteiger charge is 2.30. The first-order valence-corrected chi connectivity index (χ1v) is 4.82. The fourth-order valence-electron chi connectivity index (χ4n) is 1.02. The Morgan fingerprint density at radius 3 is 2.76 bits per heavy atom. The van der Waals surface area contributed by atoms with Crippen LogP contribution in [0.4, 0.5) is 13.2 Å². The maximum absolute atomic E-state index is 12.1. The van der Waals surface area contributed by atoms with Crippen LogP contribution in [0.2, 0.25) is 0 Å². The maximum atomic E-state index is 12.1. The molecule has 0 saturated heterocycles. The molecule has 1 N–H and O–H groups in total. The molecule has 0 spiro atoms. The normalized spacial score (nSPS) is 12.4. The molecular weight excluding hydrogens is 233 g/mol. The summed E-state index contributed by atoms with van der Waals surface area (Å²) < 4.78 is 36.3. The van der Waals surface area contributed by atoms with Gasteiger partial charge in [0.25, 0.3) is 0 Å². The number of aromatic nitrogens is 1. The maximum Gasteiger partial charge on any atom is 0.412 e. The lowest BCUT2D eigenvalue weighted by Gasteiger charge is -2.06. The summed E-state index contributed by atoms with van der Waals surface area (Å²) in [5.74, 6) is -0.774. The molecule has 0 aliphatic carbocycles. The highest BCUT2D eigenvalue weighted by atomic mass is 19.4. The van der Waals surface area contributed by atoms with Crippen LogP contribution in [0.25, 0.3) is 0 Å².